The van der Waals surface area contributed by atoms with Gasteiger partial charge in [-0.2, -0.15) is 0 Å². The maximum absolute atomic E-state index is 12.5. The number of amides is 2. The van der Waals surface area contributed by atoms with Crippen LogP contribution in [0.1, 0.15) is 11.1 Å². The Kier molecular flexibility index (Phi) is 7.49. The topological polar surface area (TPSA) is 76.7 Å². The number of hydrogen-bond donors (Lipinski definition) is 2. The lowest BCUT2D eigenvalue weighted by molar-refractivity contribution is -0.123. The Morgan fingerprint density at radius 1 is 0.962 bits per heavy atom. The van der Waals surface area contributed by atoms with E-state index in [-0.39, 0.29) is 5.91 Å². The minimum absolute atomic E-state index is 0.243. The molecule has 1 atom stereocenters. The quantitative estimate of drug-likeness (QED) is 0.761. The van der Waals surface area contributed by atoms with Gasteiger partial charge in [0.25, 0.3) is 0 Å². The molecular weight excluding hydrogens is 332 g/mol. The summed E-state index contributed by atoms with van der Waals surface area (Å²) in [6, 6.07) is 16.5. The smallest absolute Gasteiger partial charge is 0.407 e. The number of ether oxygens (including phenoxy) is 2. The first kappa shape index (κ1) is 19.3. The molecule has 0 bridgehead atoms. The van der Waals surface area contributed by atoms with Gasteiger partial charge in [0.2, 0.25) is 5.91 Å². The van der Waals surface area contributed by atoms with Gasteiger partial charge in [0, 0.05) is 13.0 Å². The van der Waals surface area contributed by atoms with Gasteiger partial charge in [-0.1, -0.05) is 42.5 Å². The average Bonchev–Trinajstić information content (AvgIpc) is 2.68. The molecule has 2 N–H and O–H groups in total. The fourth-order valence-corrected chi connectivity index (χ4v) is 2.51. The lowest BCUT2D eigenvalue weighted by atomic mass is 10.1. The van der Waals surface area contributed by atoms with Crippen molar-refractivity contribution in [3.8, 4) is 5.75 Å². The van der Waals surface area contributed by atoms with Crippen molar-refractivity contribution in [1.82, 2.24) is 10.6 Å². The van der Waals surface area contributed by atoms with E-state index in [4.69, 9.17) is 4.74 Å². The van der Waals surface area contributed by atoms with Crippen molar-refractivity contribution in [2.24, 2.45) is 0 Å². The van der Waals surface area contributed by atoms with Crippen molar-refractivity contribution >= 4 is 12.0 Å². The second kappa shape index (κ2) is 10.1. The van der Waals surface area contributed by atoms with Crippen molar-refractivity contribution in [3.05, 3.63) is 65.7 Å². The predicted molar refractivity (Wildman–Crippen MR) is 99.2 cm³/mol. The van der Waals surface area contributed by atoms with Crippen molar-refractivity contribution < 1.29 is 19.1 Å². The molecule has 0 fully saturated rings. The van der Waals surface area contributed by atoms with Crippen LogP contribution in [0.4, 0.5) is 4.79 Å². The minimum atomic E-state index is -0.694. The second-order valence-electron chi connectivity index (χ2n) is 5.77. The molecule has 0 saturated heterocycles. The van der Waals surface area contributed by atoms with Crippen molar-refractivity contribution in [3.63, 3.8) is 0 Å². The Labute approximate surface area is 153 Å². The maximum atomic E-state index is 12.5. The van der Waals surface area contributed by atoms with Crippen LogP contribution < -0.4 is 15.4 Å². The van der Waals surface area contributed by atoms with Crippen LogP contribution in [0.2, 0.25) is 0 Å². The number of alkyl carbamates (subject to hydrolysis) is 1. The fraction of sp³-hybridized carbons (Fsp3) is 0.300. The number of hydrogen-bond acceptors (Lipinski definition) is 4. The van der Waals surface area contributed by atoms with Crippen LogP contribution in [-0.4, -0.2) is 38.8 Å². The highest BCUT2D eigenvalue weighted by Gasteiger charge is 2.21. The van der Waals surface area contributed by atoms with E-state index in [1.165, 1.54) is 7.11 Å². The summed E-state index contributed by atoms with van der Waals surface area (Å²) in [6.45, 7) is 0.472. The summed E-state index contributed by atoms with van der Waals surface area (Å²) in [7, 11) is 2.90. The van der Waals surface area contributed by atoms with Gasteiger partial charge in [0.1, 0.15) is 11.8 Å². The van der Waals surface area contributed by atoms with Crippen molar-refractivity contribution in [2.45, 2.75) is 18.9 Å². The van der Waals surface area contributed by atoms with Crippen LogP contribution in [-0.2, 0) is 22.4 Å². The number of benzene rings is 2. The molecule has 0 heterocycles. The van der Waals surface area contributed by atoms with Crippen LogP contribution in [0.15, 0.2) is 54.6 Å². The zero-order valence-electron chi connectivity index (χ0n) is 15.0. The number of nitrogens with one attached hydrogen (secondary N) is 2. The molecule has 1 unspecified atom stereocenters. The van der Waals surface area contributed by atoms with Gasteiger partial charge in [0.15, 0.2) is 0 Å². The summed E-state index contributed by atoms with van der Waals surface area (Å²) in [5, 5.41) is 5.46. The van der Waals surface area contributed by atoms with Crippen LogP contribution in [0, 0.1) is 0 Å². The number of carbonyl (C=O) groups is 2. The van der Waals surface area contributed by atoms with Crippen LogP contribution in [0.3, 0.4) is 0 Å². The summed E-state index contributed by atoms with van der Waals surface area (Å²) >= 11 is 0. The Balaban J connectivity index is 1.90. The van der Waals surface area contributed by atoms with Gasteiger partial charge in [-0.15, -0.1) is 0 Å². The Morgan fingerprint density at radius 3 is 2.27 bits per heavy atom. The van der Waals surface area contributed by atoms with E-state index in [0.29, 0.717) is 19.4 Å². The molecule has 2 amide bonds. The Hall–Kier alpha value is -3.02. The number of rotatable bonds is 8. The van der Waals surface area contributed by atoms with Crippen LogP contribution in [0.5, 0.6) is 5.75 Å². The summed E-state index contributed by atoms with van der Waals surface area (Å²) in [5.74, 6) is 0.552. The first-order valence-electron chi connectivity index (χ1n) is 8.41. The van der Waals surface area contributed by atoms with Crippen molar-refractivity contribution in [1.29, 1.82) is 0 Å². The van der Waals surface area contributed by atoms with Crippen LogP contribution in [0.25, 0.3) is 0 Å². The van der Waals surface area contributed by atoms with Gasteiger partial charge in [0.05, 0.1) is 14.2 Å². The highest BCUT2D eigenvalue weighted by molar-refractivity contribution is 5.85. The molecule has 0 aliphatic carbocycles. The summed E-state index contributed by atoms with van der Waals surface area (Å²) in [6.07, 6.45) is 0.451. The highest BCUT2D eigenvalue weighted by atomic mass is 16.5. The summed E-state index contributed by atoms with van der Waals surface area (Å²) < 4.78 is 9.75. The van der Waals surface area contributed by atoms with E-state index in [1.807, 2.05) is 54.6 Å². The zero-order valence-corrected chi connectivity index (χ0v) is 15.0. The number of methoxy groups -OCH3 is 2. The number of carbonyl (C=O) groups excluding carboxylic acids is 2. The van der Waals surface area contributed by atoms with Gasteiger partial charge in [-0.25, -0.2) is 4.79 Å². The molecule has 0 aromatic heterocycles. The monoisotopic (exact) mass is 356 g/mol. The Morgan fingerprint density at radius 2 is 1.65 bits per heavy atom. The molecule has 138 valence electrons. The lowest BCUT2D eigenvalue weighted by Crippen LogP contribution is -2.48. The van der Waals surface area contributed by atoms with E-state index < -0.39 is 12.1 Å². The van der Waals surface area contributed by atoms with Gasteiger partial charge in [-0.05, 0) is 29.7 Å². The molecule has 2 aromatic carbocycles. The third-order valence-corrected chi connectivity index (χ3v) is 3.95. The fourth-order valence-electron chi connectivity index (χ4n) is 2.51. The molecule has 0 radical (unpaired) electrons. The normalized spacial score (nSPS) is 11.3. The first-order chi connectivity index (χ1) is 12.6. The predicted octanol–water partition coefficient (Wildman–Crippen LogP) is 2.32. The minimum Gasteiger partial charge on any atom is -0.497 e. The molecule has 2 aromatic rings. The van der Waals surface area contributed by atoms with E-state index in [0.717, 1.165) is 16.9 Å². The molecule has 0 saturated carbocycles. The summed E-state index contributed by atoms with van der Waals surface area (Å²) in [5.41, 5.74) is 2.05. The SMILES string of the molecule is COC(=O)NC(Cc1ccccc1)C(=O)NCCc1ccc(OC)cc1. The van der Waals surface area contributed by atoms with Gasteiger partial charge in [-0.3, -0.25) is 4.79 Å². The third-order valence-electron chi connectivity index (χ3n) is 3.95. The third kappa shape index (κ3) is 6.12. The zero-order chi connectivity index (χ0) is 18.8. The molecule has 6 heteroatoms. The first-order valence-corrected chi connectivity index (χ1v) is 8.41. The molecule has 0 aliphatic rings. The highest BCUT2D eigenvalue weighted by Crippen LogP contribution is 2.11. The van der Waals surface area contributed by atoms with Crippen molar-refractivity contribution in [2.75, 3.05) is 20.8 Å². The largest absolute Gasteiger partial charge is 0.497 e. The molecule has 0 spiro atoms. The van der Waals surface area contributed by atoms with Crippen LogP contribution >= 0.6 is 0 Å². The molecular formula is C20H24N2O4. The molecule has 26 heavy (non-hydrogen) atoms. The van der Waals surface area contributed by atoms with E-state index in [9.17, 15) is 9.59 Å². The Bertz CT molecular complexity index is 702. The molecule has 6 nitrogen and oxygen atoms in total. The van der Waals surface area contributed by atoms with E-state index >= 15 is 0 Å². The standard InChI is InChI=1S/C20H24N2O4/c1-25-17-10-8-15(9-11-17)12-13-21-19(23)18(22-20(24)26-2)14-16-6-4-3-5-7-16/h3-11,18H,12-14H2,1-2H3,(H,21,23)(H,22,24). The average molecular weight is 356 g/mol. The molecule has 2 rings (SSSR count). The molecule has 0 aliphatic heterocycles. The lowest BCUT2D eigenvalue weighted by Gasteiger charge is -2.18. The van der Waals surface area contributed by atoms with E-state index in [1.54, 1.807) is 7.11 Å². The second-order valence-corrected chi connectivity index (χ2v) is 5.77. The van der Waals surface area contributed by atoms with Gasteiger partial charge < -0.3 is 20.1 Å². The summed E-state index contributed by atoms with van der Waals surface area (Å²) in [4.78, 5) is 24.0. The van der Waals surface area contributed by atoms with E-state index in [2.05, 4.69) is 15.4 Å². The van der Waals surface area contributed by atoms with Gasteiger partial charge >= 0.3 is 6.09 Å². The maximum Gasteiger partial charge on any atom is 0.407 e.